The topological polar surface area (TPSA) is 70.2 Å². The van der Waals surface area contributed by atoms with Gasteiger partial charge in [-0.1, -0.05) is 30.3 Å². The number of sulfonamides is 1. The van der Waals surface area contributed by atoms with Gasteiger partial charge in [-0.15, -0.1) is 0 Å². The number of likely N-dealkylation sites (N-methyl/N-ethyl adjacent to an activating group) is 1. The maximum absolute atomic E-state index is 12.7. The first-order chi connectivity index (χ1) is 13.2. The molecule has 7 nitrogen and oxygen atoms in total. The van der Waals surface area contributed by atoms with Crippen LogP contribution in [-0.4, -0.2) is 86.7 Å². The monoisotopic (exact) mass is 409 g/mol. The molecule has 0 radical (unpaired) electrons. The molecule has 0 aromatic heterocycles. The van der Waals surface area contributed by atoms with Crippen molar-refractivity contribution in [2.45, 2.75) is 44.1 Å². The third kappa shape index (κ3) is 5.31. The molecule has 0 aliphatic carbocycles. The molecule has 2 aliphatic rings. The van der Waals surface area contributed by atoms with Crippen LogP contribution in [0.1, 0.15) is 24.8 Å². The van der Waals surface area contributed by atoms with Crippen LogP contribution in [0.2, 0.25) is 0 Å². The Balaban J connectivity index is 1.61. The lowest BCUT2D eigenvalue weighted by molar-refractivity contribution is -0.133. The van der Waals surface area contributed by atoms with Crippen molar-refractivity contribution < 1.29 is 17.9 Å². The highest BCUT2D eigenvalue weighted by Gasteiger charge is 2.39. The number of carbonyl (C=O) groups is 1. The van der Waals surface area contributed by atoms with E-state index in [0.717, 1.165) is 6.54 Å². The molecule has 3 rings (SSSR count). The van der Waals surface area contributed by atoms with Gasteiger partial charge in [-0.25, -0.2) is 12.7 Å². The summed E-state index contributed by atoms with van der Waals surface area (Å²) in [5.41, 5.74) is 1.18. The number of benzene rings is 1. The standard InChI is InChI=1S/C20H31N3O4S/c1-21(2)20(24)19-13-18(15-22(19)14-16-7-5-4-6-8-16)27-17-9-11-23(12-10-17)28(3,25)26/h4-8,17-19H,9-15H2,1-3H3/t18-,19-/m0/s1. The molecule has 2 fully saturated rings. The van der Waals surface area contributed by atoms with E-state index in [9.17, 15) is 13.2 Å². The summed E-state index contributed by atoms with van der Waals surface area (Å²) in [5.74, 6) is 0.105. The first-order valence-corrected chi connectivity index (χ1v) is 11.7. The van der Waals surface area contributed by atoms with Gasteiger partial charge < -0.3 is 9.64 Å². The summed E-state index contributed by atoms with van der Waals surface area (Å²) in [6.45, 7) is 2.44. The van der Waals surface area contributed by atoms with Crippen molar-refractivity contribution in [3.63, 3.8) is 0 Å². The van der Waals surface area contributed by atoms with Gasteiger partial charge in [0, 0.05) is 40.3 Å². The van der Waals surface area contributed by atoms with Gasteiger partial charge >= 0.3 is 0 Å². The summed E-state index contributed by atoms with van der Waals surface area (Å²) >= 11 is 0. The van der Waals surface area contributed by atoms with Gasteiger partial charge in [-0.05, 0) is 24.8 Å². The molecule has 8 heteroatoms. The van der Waals surface area contributed by atoms with E-state index in [1.807, 2.05) is 18.2 Å². The van der Waals surface area contributed by atoms with E-state index in [1.54, 1.807) is 19.0 Å². The number of ether oxygens (including phenoxy) is 1. The molecule has 0 unspecified atom stereocenters. The van der Waals surface area contributed by atoms with E-state index in [-0.39, 0.29) is 24.2 Å². The van der Waals surface area contributed by atoms with Crippen LogP contribution < -0.4 is 0 Å². The normalized spacial score (nSPS) is 25.1. The Bertz CT molecular complexity index is 761. The fourth-order valence-corrected chi connectivity index (χ4v) is 4.95. The molecule has 28 heavy (non-hydrogen) atoms. The fraction of sp³-hybridized carbons (Fsp3) is 0.650. The Labute approximate surface area is 168 Å². The molecule has 2 saturated heterocycles. The van der Waals surface area contributed by atoms with E-state index in [1.165, 1.54) is 16.1 Å². The van der Waals surface area contributed by atoms with Crippen molar-refractivity contribution in [2.24, 2.45) is 0 Å². The SMILES string of the molecule is CN(C)C(=O)[C@@H]1C[C@H](OC2CCN(S(C)(=O)=O)CC2)CN1Cc1ccccc1. The largest absolute Gasteiger partial charge is 0.373 e. The van der Waals surface area contributed by atoms with E-state index in [0.29, 0.717) is 38.9 Å². The molecule has 0 saturated carbocycles. The summed E-state index contributed by atoms with van der Waals surface area (Å²) in [7, 11) is 0.450. The molecule has 1 aromatic carbocycles. The van der Waals surface area contributed by atoms with Crippen LogP contribution >= 0.6 is 0 Å². The zero-order chi connectivity index (χ0) is 20.3. The summed E-state index contributed by atoms with van der Waals surface area (Å²) < 4.78 is 31.2. The Morgan fingerprint density at radius 2 is 1.79 bits per heavy atom. The lowest BCUT2D eigenvalue weighted by atomic mass is 10.1. The van der Waals surface area contributed by atoms with Crippen LogP contribution in [0.25, 0.3) is 0 Å². The summed E-state index contributed by atoms with van der Waals surface area (Å²) in [5, 5.41) is 0. The highest BCUT2D eigenvalue weighted by molar-refractivity contribution is 7.88. The van der Waals surface area contributed by atoms with Crippen LogP contribution in [0.5, 0.6) is 0 Å². The van der Waals surface area contributed by atoms with Gasteiger partial charge in [0.25, 0.3) is 0 Å². The highest BCUT2D eigenvalue weighted by atomic mass is 32.2. The van der Waals surface area contributed by atoms with Crippen molar-refractivity contribution in [2.75, 3.05) is 40.0 Å². The summed E-state index contributed by atoms with van der Waals surface area (Å²) in [6.07, 6.45) is 3.38. The molecule has 1 aromatic rings. The number of nitrogens with zero attached hydrogens (tertiary/aromatic N) is 3. The molecule has 0 N–H and O–H groups in total. The van der Waals surface area contributed by atoms with Crippen LogP contribution in [0.3, 0.4) is 0 Å². The number of hydrogen-bond acceptors (Lipinski definition) is 5. The van der Waals surface area contributed by atoms with Crippen molar-refractivity contribution in [1.82, 2.24) is 14.1 Å². The number of piperidine rings is 1. The average Bonchev–Trinajstić information content (AvgIpc) is 3.03. The Morgan fingerprint density at radius 1 is 1.14 bits per heavy atom. The van der Waals surface area contributed by atoms with Crippen LogP contribution in [0, 0.1) is 0 Å². The van der Waals surface area contributed by atoms with Gasteiger partial charge in [0.15, 0.2) is 0 Å². The molecule has 1 amide bonds. The summed E-state index contributed by atoms with van der Waals surface area (Å²) in [4.78, 5) is 16.5. The number of carbonyl (C=O) groups excluding carboxylic acids is 1. The molecule has 0 spiro atoms. The zero-order valence-electron chi connectivity index (χ0n) is 17.0. The van der Waals surface area contributed by atoms with Crippen LogP contribution in [-0.2, 0) is 26.1 Å². The first-order valence-electron chi connectivity index (χ1n) is 9.83. The number of hydrogen-bond donors (Lipinski definition) is 0. The summed E-state index contributed by atoms with van der Waals surface area (Å²) in [6, 6.07) is 9.98. The molecule has 2 heterocycles. The van der Waals surface area contributed by atoms with Gasteiger partial charge in [-0.3, -0.25) is 9.69 Å². The lowest BCUT2D eigenvalue weighted by Crippen LogP contribution is -2.42. The maximum Gasteiger partial charge on any atom is 0.239 e. The highest BCUT2D eigenvalue weighted by Crippen LogP contribution is 2.27. The van der Waals surface area contributed by atoms with Crippen molar-refractivity contribution >= 4 is 15.9 Å². The van der Waals surface area contributed by atoms with E-state index < -0.39 is 10.0 Å². The number of amides is 1. The van der Waals surface area contributed by atoms with Gasteiger partial charge in [0.2, 0.25) is 15.9 Å². The number of likely N-dealkylation sites (tertiary alicyclic amines) is 1. The average molecular weight is 410 g/mol. The second kappa shape index (κ2) is 8.90. The number of rotatable bonds is 6. The molecular formula is C20H31N3O4S. The Kier molecular flexibility index (Phi) is 6.75. The Hall–Kier alpha value is -1.48. The van der Waals surface area contributed by atoms with E-state index >= 15 is 0 Å². The van der Waals surface area contributed by atoms with Crippen molar-refractivity contribution in [3.05, 3.63) is 35.9 Å². The second-order valence-corrected chi connectivity index (χ2v) is 10.0. The van der Waals surface area contributed by atoms with Crippen molar-refractivity contribution in [3.8, 4) is 0 Å². The van der Waals surface area contributed by atoms with Crippen molar-refractivity contribution in [1.29, 1.82) is 0 Å². The first kappa shape index (κ1) is 21.2. The third-order valence-corrected chi connectivity index (χ3v) is 6.88. The van der Waals surface area contributed by atoms with Crippen LogP contribution in [0.4, 0.5) is 0 Å². The lowest BCUT2D eigenvalue weighted by Gasteiger charge is -2.31. The van der Waals surface area contributed by atoms with Gasteiger partial charge in [0.05, 0.1) is 24.5 Å². The second-order valence-electron chi connectivity index (χ2n) is 8.02. The Morgan fingerprint density at radius 3 is 2.36 bits per heavy atom. The fourth-order valence-electron chi connectivity index (χ4n) is 4.08. The zero-order valence-corrected chi connectivity index (χ0v) is 17.8. The molecule has 0 bridgehead atoms. The maximum atomic E-state index is 12.7. The van der Waals surface area contributed by atoms with E-state index in [4.69, 9.17) is 4.74 Å². The molecular weight excluding hydrogens is 378 g/mol. The minimum atomic E-state index is -3.13. The van der Waals surface area contributed by atoms with Gasteiger partial charge in [0.1, 0.15) is 0 Å². The predicted molar refractivity (Wildman–Crippen MR) is 108 cm³/mol. The smallest absolute Gasteiger partial charge is 0.239 e. The third-order valence-electron chi connectivity index (χ3n) is 5.57. The predicted octanol–water partition coefficient (Wildman–Crippen LogP) is 1.16. The van der Waals surface area contributed by atoms with E-state index in [2.05, 4.69) is 17.0 Å². The molecule has 2 atom stereocenters. The van der Waals surface area contributed by atoms with Crippen LogP contribution in [0.15, 0.2) is 30.3 Å². The minimum Gasteiger partial charge on any atom is -0.373 e. The molecule has 156 valence electrons. The molecule has 2 aliphatic heterocycles. The van der Waals surface area contributed by atoms with Gasteiger partial charge in [-0.2, -0.15) is 0 Å². The quantitative estimate of drug-likeness (QED) is 0.705. The minimum absolute atomic E-state index is 0.00704.